The monoisotopic (exact) mass is 371 g/mol. The second-order valence-electron chi connectivity index (χ2n) is 6.74. The molecule has 138 valence electrons. The summed E-state index contributed by atoms with van der Waals surface area (Å²) in [5.74, 6) is 1.78. The Labute approximate surface area is 156 Å². The number of hydrogen-bond donors (Lipinski definition) is 1. The zero-order chi connectivity index (χ0) is 17.8. The molecule has 0 bridgehead atoms. The molecule has 1 amide bonds. The molecule has 0 aromatic heterocycles. The molecule has 0 spiro atoms. The Bertz CT molecular complexity index is 402. The first-order valence-electron chi connectivity index (χ1n) is 9.19. The second-order valence-corrected chi connectivity index (χ2v) is 9.47. The highest BCUT2D eigenvalue weighted by molar-refractivity contribution is 8.19. The average molecular weight is 372 g/mol. The number of rotatable bonds is 11. The largest absolute Gasteiger partial charge is 0.321 e. The molecular weight excluding hydrogens is 338 g/mol. The summed E-state index contributed by atoms with van der Waals surface area (Å²) in [5.41, 5.74) is 0. The van der Waals surface area contributed by atoms with Gasteiger partial charge in [-0.2, -0.15) is 5.26 Å². The van der Waals surface area contributed by atoms with Crippen molar-refractivity contribution >= 4 is 29.4 Å². The Kier molecular flexibility index (Phi) is 10.9. The lowest BCUT2D eigenvalue weighted by Gasteiger charge is -2.36. The Morgan fingerprint density at radius 1 is 1.12 bits per heavy atom. The molecule has 1 heterocycles. The van der Waals surface area contributed by atoms with E-state index in [0.29, 0.717) is 12.5 Å². The van der Waals surface area contributed by atoms with Crippen molar-refractivity contribution in [2.75, 3.05) is 25.6 Å². The molecule has 24 heavy (non-hydrogen) atoms. The summed E-state index contributed by atoms with van der Waals surface area (Å²) >= 11 is 3.12. The fourth-order valence-corrected chi connectivity index (χ4v) is 5.72. The predicted octanol–water partition coefficient (Wildman–Crippen LogP) is 4.22. The molecule has 4 nitrogen and oxygen atoms in total. The standard InChI is InChI=1S/C18H33N3OS2/c1-4-5-6-7-8-9-10-11-12-17(22)20-18(15-19)23-13-16(14-24-18)21(2)3/h16H,4-14H2,1-3H3,(H,20,22). The molecule has 6 heteroatoms. The summed E-state index contributed by atoms with van der Waals surface area (Å²) in [4.78, 5) is 14.3. The summed E-state index contributed by atoms with van der Waals surface area (Å²) in [6, 6.07) is 2.78. The van der Waals surface area contributed by atoms with E-state index in [2.05, 4.69) is 37.3 Å². The number of nitrogens with zero attached hydrogens (tertiary/aromatic N) is 2. The van der Waals surface area contributed by atoms with Gasteiger partial charge in [0.2, 0.25) is 10.1 Å². The van der Waals surface area contributed by atoms with Gasteiger partial charge in [0.15, 0.2) is 0 Å². The lowest BCUT2D eigenvalue weighted by atomic mass is 10.1. The third-order valence-electron chi connectivity index (χ3n) is 4.40. The van der Waals surface area contributed by atoms with E-state index in [1.807, 2.05) is 0 Å². The zero-order valence-electron chi connectivity index (χ0n) is 15.5. The smallest absolute Gasteiger partial charge is 0.222 e. The molecule has 1 saturated heterocycles. The quantitative estimate of drug-likeness (QED) is 0.551. The van der Waals surface area contributed by atoms with Crippen molar-refractivity contribution in [3.8, 4) is 6.07 Å². The van der Waals surface area contributed by atoms with Crippen molar-refractivity contribution in [1.29, 1.82) is 5.26 Å². The number of nitriles is 1. The van der Waals surface area contributed by atoms with Gasteiger partial charge in [0.05, 0.1) is 0 Å². The minimum Gasteiger partial charge on any atom is -0.321 e. The molecule has 0 atom stereocenters. The van der Waals surface area contributed by atoms with E-state index in [0.717, 1.165) is 24.3 Å². The lowest BCUT2D eigenvalue weighted by Crippen LogP contribution is -2.48. The van der Waals surface area contributed by atoms with E-state index in [-0.39, 0.29) is 5.91 Å². The molecule has 0 aromatic rings. The van der Waals surface area contributed by atoms with Gasteiger partial charge in [-0.15, -0.1) is 23.5 Å². The molecule has 0 aromatic carbocycles. The van der Waals surface area contributed by atoms with Crippen molar-refractivity contribution in [2.45, 2.75) is 75.0 Å². The van der Waals surface area contributed by atoms with E-state index >= 15 is 0 Å². The van der Waals surface area contributed by atoms with Crippen molar-refractivity contribution in [2.24, 2.45) is 0 Å². The Balaban J connectivity index is 2.18. The number of unbranched alkanes of at least 4 members (excludes halogenated alkanes) is 7. The molecule has 1 aliphatic rings. The molecule has 1 fully saturated rings. The van der Waals surface area contributed by atoms with Crippen LogP contribution in [0, 0.1) is 11.3 Å². The summed E-state index contributed by atoms with van der Waals surface area (Å²) in [6.07, 6.45) is 10.3. The summed E-state index contributed by atoms with van der Waals surface area (Å²) in [6.45, 7) is 2.23. The van der Waals surface area contributed by atoms with Crippen LogP contribution in [0.3, 0.4) is 0 Å². The van der Waals surface area contributed by atoms with Gasteiger partial charge < -0.3 is 10.2 Å². The van der Waals surface area contributed by atoms with Crippen LogP contribution in [0.25, 0.3) is 0 Å². The molecule has 1 N–H and O–H groups in total. The summed E-state index contributed by atoms with van der Waals surface area (Å²) in [5, 5.41) is 12.5. The van der Waals surface area contributed by atoms with Crippen LogP contribution >= 0.6 is 23.5 Å². The number of amides is 1. The van der Waals surface area contributed by atoms with E-state index in [4.69, 9.17) is 0 Å². The van der Waals surface area contributed by atoms with Gasteiger partial charge in [-0.25, -0.2) is 0 Å². The van der Waals surface area contributed by atoms with Gasteiger partial charge in [0, 0.05) is 24.0 Å². The van der Waals surface area contributed by atoms with Crippen LogP contribution in [0.1, 0.15) is 64.7 Å². The Morgan fingerprint density at radius 3 is 2.17 bits per heavy atom. The van der Waals surface area contributed by atoms with Crippen LogP contribution in [-0.4, -0.2) is 46.7 Å². The number of hydrogen-bond acceptors (Lipinski definition) is 5. The van der Waals surface area contributed by atoms with Gasteiger partial charge >= 0.3 is 0 Å². The van der Waals surface area contributed by atoms with Crippen molar-refractivity contribution < 1.29 is 4.79 Å². The molecule has 0 aliphatic carbocycles. The normalized spacial score (nSPS) is 23.9. The van der Waals surface area contributed by atoms with Gasteiger partial charge in [-0.05, 0) is 20.5 Å². The molecule has 0 saturated carbocycles. The Hall–Kier alpha value is -0.380. The summed E-state index contributed by atoms with van der Waals surface area (Å²) < 4.78 is -0.788. The van der Waals surface area contributed by atoms with Crippen LogP contribution in [-0.2, 0) is 4.79 Å². The van der Waals surface area contributed by atoms with E-state index < -0.39 is 4.20 Å². The number of carbonyl (C=O) groups is 1. The van der Waals surface area contributed by atoms with Gasteiger partial charge in [-0.3, -0.25) is 4.79 Å². The van der Waals surface area contributed by atoms with Gasteiger partial charge in [0.25, 0.3) is 0 Å². The third-order valence-corrected chi connectivity index (χ3v) is 7.41. The van der Waals surface area contributed by atoms with E-state index in [1.54, 1.807) is 23.5 Å². The van der Waals surface area contributed by atoms with Gasteiger partial charge in [0.1, 0.15) is 6.07 Å². The fraction of sp³-hybridized carbons (Fsp3) is 0.889. The van der Waals surface area contributed by atoms with Crippen molar-refractivity contribution in [1.82, 2.24) is 10.2 Å². The highest BCUT2D eigenvalue weighted by Crippen LogP contribution is 2.40. The van der Waals surface area contributed by atoms with Crippen LogP contribution in [0.2, 0.25) is 0 Å². The molecule has 1 aliphatic heterocycles. The predicted molar refractivity (Wildman–Crippen MR) is 106 cm³/mol. The van der Waals surface area contributed by atoms with Crippen LogP contribution in [0.4, 0.5) is 0 Å². The number of thioether (sulfide) groups is 2. The van der Waals surface area contributed by atoms with Crippen LogP contribution in [0.15, 0.2) is 0 Å². The Morgan fingerprint density at radius 2 is 1.67 bits per heavy atom. The maximum absolute atomic E-state index is 12.2. The van der Waals surface area contributed by atoms with E-state index in [9.17, 15) is 10.1 Å². The number of nitrogens with one attached hydrogen (secondary N) is 1. The minimum atomic E-state index is -0.788. The zero-order valence-corrected chi connectivity index (χ0v) is 17.1. The van der Waals surface area contributed by atoms with Crippen LogP contribution in [0.5, 0.6) is 0 Å². The van der Waals surface area contributed by atoms with Crippen LogP contribution < -0.4 is 5.32 Å². The molecular formula is C18H33N3OS2. The highest BCUT2D eigenvalue weighted by atomic mass is 32.2. The minimum absolute atomic E-state index is 0.0193. The summed E-state index contributed by atoms with van der Waals surface area (Å²) in [7, 11) is 4.12. The second kappa shape index (κ2) is 12.1. The van der Waals surface area contributed by atoms with E-state index in [1.165, 1.54) is 38.5 Å². The topological polar surface area (TPSA) is 56.1 Å². The maximum atomic E-state index is 12.2. The van der Waals surface area contributed by atoms with Gasteiger partial charge in [-0.1, -0.05) is 51.9 Å². The lowest BCUT2D eigenvalue weighted by molar-refractivity contribution is -0.121. The third kappa shape index (κ3) is 8.13. The number of carbonyl (C=O) groups excluding carboxylic acids is 1. The first-order chi connectivity index (χ1) is 11.5. The molecule has 1 rings (SSSR count). The first kappa shape index (κ1) is 21.7. The molecule has 0 radical (unpaired) electrons. The first-order valence-corrected chi connectivity index (χ1v) is 11.2. The SMILES string of the molecule is CCCCCCCCCCC(=O)NC1(C#N)SCC(N(C)C)CS1. The van der Waals surface area contributed by atoms with Crippen molar-refractivity contribution in [3.05, 3.63) is 0 Å². The average Bonchev–Trinajstić information content (AvgIpc) is 2.57. The maximum Gasteiger partial charge on any atom is 0.222 e. The van der Waals surface area contributed by atoms with Crippen molar-refractivity contribution in [3.63, 3.8) is 0 Å². The highest BCUT2D eigenvalue weighted by Gasteiger charge is 2.39. The molecule has 0 unspecified atom stereocenters. The fourth-order valence-electron chi connectivity index (χ4n) is 2.65.